The normalized spacial score (nSPS) is 11.3. The van der Waals surface area contributed by atoms with Gasteiger partial charge in [-0.3, -0.25) is 4.79 Å². The zero-order valence-electron chi connectivity index (χ0n) is 9.08. The van der Waals surface area contributed by atoms with Crippen LogP contribution in [0.25, 0.3) is 0 Å². The van der Waals surface area contributed by atoms with Gasteiger partial charge in [0.2, 0.25) is 5.76 Å². The van der Waals surface area contributed by atoms with Crippen molar-refractivity contribution in [2.24, 2.45) is 0 Å². The minimum atomic E-state index is -4.26. The molecule has 1 aromatic heterocycles. The molecule has 0 saturated heterocycles. The number of amides is 1. The molecule has 2 N–H and O–H groups in total. The molecule has 0 aromatic carbocycles. The Morgan fingerprint density at radius 2 is 1.89 bits per heavy atom. The van der Waals surface area contributed by atoms with Gasteiger partial charge in [0.1, 0.15) is 0 Å². The van der Waals surface area contributed by atoms with Crippen molar-refractivity contribution < 1.29 is 32.3 Å². The molecule has 0 aliphatic carbocycles. The summed E-state index contributed by atoms with van der Waals surface area (Å²) in [6, 6.07) is 2.23. The summed E-state index contributed by atoms with van der Waals surface area (Å²) in [5, 5.41) is 10.7. The first kappa shape index (κ1) is 14.1. The zero-order chi connectivity index (χ0) is 13.8. The molecule has 0 spiro atoms. The number of hydrogen-bond acceptors (Lipinski definition) is 3. The molecule has 0 saturated carbocycles. The lowest BCUT2D eigenvalue weighted by atomic mass is 10.3. The van der Waals surface area contributed by atoms with E-state index in [-0.39, 0.29) is 18.7 Å². The maximum Gasteiger partial charge on any atom is 0.389 e. The van der Waals surface area contributed by atoms with E-state index in [1.807, 2.05) is 0 Å². The highest BCUT2D eigenvalue weighted by atomic mass is 19.4. The number of hydrogen-bond donors (Lipinski definition) is 2. The average molecular weight is 265 g/mol. The van der Waals surface area contributed by atoms with Gasteiger partial charge >= 0.3 is 12.1 Å². The number of carboxylic acids is 1. The second-order valence-electron chi connectivity index (χ2n) is 3.44. The monoisotopic (exact) mass is 265 g/mol. The van der Waals surface area contributed by atoms with E-state index in [4.69, 9.17) is 5.11 Å². The molecule has 0 bridgehead atoms. The van der Waals surface area contributed by atoms with E-state index in [0.29, 0.717) is 0 Å². The Morgan fingerprint density at radius 1 is 1.28 bits per heavy atom. The van der Waals surface area contributed by atoms with Crippen molar-refractivity contribution in [3.05, 3.63) is 23.7 Å². The number of furan rings is 1. The summed E-state index contributed by atoms with van der Waals surface area (Å²) in [5.41, 5.74) is 0. The molecule has 18 heavy (non-hydrogen) atoms. The minimum absolute atomic E-state index is 0.165. The van der Waals surface area contributed by atoms with Gasteiger partial charge in [-0.1, -0.05) is 0 Å². The van der Waals surface area contributed by atoms with Crippen molar-refractivity contribution in [2.45, 2.75) is 19.0 Å². The van der Waals surface area contributed by atoms with E-state index < -0.39 is 30.2 Å². The van der Waals surface area contributed by atoms with Crippen molar-refractivity contribution in [1.29, 1.82) is 0 Å². The summed E-state index contributed by atoms with van der Waals surface area (Å²) < 4.78 is 40.1. The molecule has 1 aromatic rings. The summed E-state index contributed by atoms with van der Waals surface area (Å²) in [7, 11) is 0. The number of alkyl halides is 3. The van der Waals surface area contributed by atoms with Crippen LogP contribution in [0.4, 0.5) is 13.2 Å². The van der Waals surface area contributed by atoms with Crippen LogP contribution in [0.15, 0.2) is 16.5 Å². The number of nitrogens with one attached hydrogen (secondary N) is 1. The van der Waals surface area contributed by atoms with E-state index in [1.165, 1.54) is 0 Å². The third kappa shape index (κ3) is 4.48. The van der Waals surface area contributed by atoms with Crippen LogP contribution < -0.4 is 5.32 Å². The fraction of sp³-hybridized carbons (Fsp3) is 0.400. The Hall–Kier alpha value is -1.99. The second kappa shape index (κ2) is 5.56. The van der Waals surface area contributed by atoms with Gasteiger partial charge < -0.3 is 14.8 Å². The van der Waals surface area contributed by atoms with Crippen molar-refractivity contribution in [1.82, 2.24) is 5.32 Å². The summed E-state index contributed by atoms with van der Waals surface area (Å²) in [6.45, 7) is -0.165. The predicted octanol–water partition coefficient (Wildman–Crippen LogP) is 2.05. The van der Waals surface area contributed by atoms with Crippen molar-refractivity contribution >= 4 is 11.9 Å². The van der Waals surface area contributed by atoms with Gasteiger partial charge in [0.25, 0.3) is 5.91 Å². The van der Waals surface area contributed by atoms with E-state index in [9.17, 15) is 22.8 Å². The Bertz CT molecular complexity index is 439. The first-order valence-corrected chi connectivity index (χ1v) is 4.97. The summed E-state index contributed by atoms with van der Waals surface area (Å²) in [4.78, 5) is 21.8. The molecule has 0 aliphatic rings. The molecule has 1 heterocycles. The fourth-order valence-electron chi connectivity index (χ4n) is 1.15. The number of halogens is 3. The minimum Gasteiger partial charge on any atom is -0.475 e. The van der Waals surface area contributed by atoms with Crippen molar-refractivity contribution in [2.75, 3.05) is 6.54 Å². The Morgan fingerprint density at radius 3 is 2.39 bits per heavy atom. The van der Waals surface area contributed by atoms with Gasteiger partial charge in [-0.2, -0.15) is 13.2 Å². The van der Waals surface area contributed by atoms with E-state index in [0.717, 1.165) is 12.1 Å². The standard InChI is InChI=1S/C10H10F3NO4/c11-10(12,13)4-1-5-14-8(15)6-2-3-7(18-6)9(16)17/h2-3H,1,4-5H2,(H,14,15)(H,16,17). The lowest BCUT2D eigenvalue weighted by Crippen LogP contribution is -2.25. The van der Waals surface area contributed by atoms with Gasteiger partial charge in [0.15, 0.2) is 5.76 Å². The highest BCUT2D eigenvalue weighted by Crippen LogP contribution is 2.20. The van der Waals surface area contributed by atoms with Crippen LogP contribution >= 0.6 is 0 Å². The summed E-state index contributed by atoms with van der Waals surface area (Å²) in [6.07, 6.45) is -5.50. The molecule has 1 amide bonds. The highest BCUT2D eigenvalue weighted by molar-refractivity contribution is 5.93. The highest BCUT2D eigenvalue weighted by Gasteiger charge is 2.26. The first-order valence-electron chi connectivity index (χ1n) is 4.97. The van der Waals surface area contributed by atoms with Gasteiger partial charge in [0.05, 0.1) is 0 Å². The average Bonchev–Trinajstić information content (AvgIpc) is 2.72. The van der Waals surface area contributed by atoms with Crippen molar-refractivity contribution in [3.63, 3.8) is 0 Å². The largest absolute Gasteiger partial charge is 0.475 e. The van der Waals surface area contributed by atoms with Gasteiger partial charge in [-0.05, 0) is 18.6 Å². The molecule has 0 fully saturated rings. The van der Waals surface area contributed by atoms with Gasteiger partial charge in [0, 0.05) is 13.0 Å². The van der Waals surface area contributed by atoms with Crippen molar-refractivity contribution in [3.8, 4) is 0 Å². The van der Waals surface area contributed by atoms with E-state index in [2.05, 4.69) is 9.73 Å². The zero-order valence-corrected chi connectivity index (χ0v) is 9.08. The van der Waals surface area contributed by atoms with Crippen LogP contribution in [-0.2, 0) is 0 Å². The Labute approximate surface area is 99.6 Å². The molecule has 1 rings (SSSR count). The molecule has 0 aliphatic heterocycles. The third-order valence-electron chi connectivity index (χ3n) is 1.96. The van der Waals surface area contributed by atoms with Gasteiger partial charge in [-0.25, -0.2) is 4.79 Å². The molecule has 0 atom stereocenters. The lowest BCUT2D eigenvalue weighted by molar-refractivity contribution is -0.135. The smallest absolute Gasteiger partial charge is 0.389 e. The maximum atomic E-state index is 11.8. The van der Waals surface area contributed by atoms with Crippen LogP contribution in [0.1, 0.15) is 34.0 Å². The number of carboxylic acid groups (broad SMARTS) is 1. The molecule has 100 valence electrons. The molecular weight excluding hydrogens is 255 g/mol. The van der Waals surface area contributed by atoms with Gasteiger partial charge in [-0.15, -0.1) is 0 Å². The summed E-state index contributed by atoms with van der Waals surface area (Å²) in [5.74, 6) is -2.73. The number of aromatic carboxylic acids is 1. The molecule has 8 heteroatoms. The van der Waals surface area contributed by atoms with E-state index >= 15 is 0 Å². The van der Waals surface area contributed by atoms with Crippen LogP contribution in [0.2, 0.25) is 0 Å². The van der Waals surface area contributed by atoms with Crippen LogP contribution in [0.5, 0.6) is 0 Å². The SMILES string of the molecule is O=C(O)c1ccc(C(=O)NCCCC(F)(F)F)o1. The molecule has 0 unspecified atom stereocenters. The molecule has 5 nitrogen and oxygen atoms in total. The third-order valence-corrected chi connectivity index (χ3v) is 1.96. The Kier molecular flexibility index (Phi) is 4.35. The molecular formula is C10H10F3NO4. The topological polar surface area (TPSA) is 79.5 Å². The predicted molar refractivity (Wildman–Crippen MR) is 53.3 cm³/mol. The van der Waals surface area contributed by atoms with Crippen LogP contribution in [-0.4, -0.2) is 29.7 Å². The first-order chi connectivity index (χ1) is 8.29. The lowest BCUT2D eigenvalue weighted by Gasteiger charge is -2.06. The molecule has 0 radical (unpaired) electrons. The van der Waals surface area contributed by atoms with E-state index in [1.54, 1.807) is 0 Å². The summed E-state index contributed by atoms with van der Waals surface area (Å²) >= 11 is 0. The quantitative estimate of drug-likeness (QED) is 0.798. The second-order valence-corrected chi connectivity index (χ2v) is 3.44. The number of rotatable bonds is 5. The van der Waals surface area contributed by atoms with Crippen LogP contribution in [0, 0.1) is 0 Å². The van der Waals surface area contributed by atoms with Crippen LogP contribution in [0.3, 0.4) is 0 Å². The fourth-order valence-corrected chi connectivity index (χ4v) is 1.15. The number of carbonyl (C=O) groups is 2. The number of carbonyl (C=O) groups excluding carboxylic acids is 1. The maximum absolute atomic E-state index is 11.8. The Balaban J connectivity index is 2.39.